The van der Waals surface area contributed by atoms with Crippen LogP contribution in [0.15, 0.2) is 53.4 Å². The zero-order valence-corrected chi connectivity index (χ0v) is 14.3. The third-order valence-electron chi connectivity index (χ3n) is 2.68. The minimum absolute atomic E-state index is 0.0450. The van der Waals surface area contributed by atoms with Crippen LogP contribution in [-0.2, 0) is 12.6 Å². The van der Waals surface area contributed by atoms with Crippen molar-refractivity contribution in [3.05, 3.63) is 67.8 Å². The molecular formula is C13H12INO6S. The van der Waals surface area contributed by atoms with Gasteiger partial charge in [0.25, 0.3) is 0 Å². The summed E-state index contributed by atoms with van der Waals surface area (Å²) in [6.07, 6.45) is 0. The summed E-state index contributed by atoms with van der Waals surface area (Å²) in [4.78, 5) is 9.93. The molecule has 0 saturated heterocycles. The Morgan fingerprint density at radius 3 is 2.14 bits per heavy atom. The van der Waals surface area contributed by atoms with Crippen LogP contribution in [0.5, 0.6) is 0 Å². The molecular weight excluding hydrogens is 425 g/mol. The predicted molar refractivity (Wildman–Crippen MR) is 87.5 cm³/mol. The molecule has 2 rings (SSSR count). The maximum absolute atomic E-state index is 12.1. The monoisotopic (exact) mass is 437 g/mol. The summed E-state index contributed by atoms with van der Waals surface area (Å²) in [5.41, 5.74) is 0.753. The Balaban J connectivity index is 2.18. The van der Waals surface area contributed by atoms with E-state index < -0.39 is 35.7 Å². The van der Waals surface area contributed by atoms with Gasteiger partial charge in [0.05, 0.1) is 0 Å². The number of rotatable bonds is 5. The van der Waals surface area contributed by atoms with Gasteiger partial charge in [-0.05, 0) is 0 Å². The van der Waals surface area contributed by atoms with Gasteiger partial charge in [-0.2, -0.15) is 0 Å². The second kappa shape index (κ2) is 6.69. The minimum atomic E-state index is -4.07. The number of nitro groups is 1. The van der Waals surface area contributed by atoms with Crippen molar-refractivity contribution in [1.82, 2.24) is 0 Å². The Kier molecular flexibility index (Phi) is 5.11. The molecule has 0 unspecified atom stereocenters. The Bertz CT molecular complexity index is 773. The molecule has 118 valence electrons. The van der Waals surface area contributed by atoms with E-state index in [0.29, 0.717) is 0 Å². The summed E-state index contributed by atoms with van der Waals surface area (Å²) < 4.78 is 39.2. The fraction of sp³-hybridized carbons (Fsp3) is 0.0769. The third kappa shape index (κ3) is 4.00. The molecule has 2 aromatic carbocycles. The molecule has 7 nitrogen and oxygen atoms in total. The van der Waals surface area contributed by atoms with Crippen LogP contribution in [0.4, 0.5) is 5.69 Å². The molecule has 0 aromatic heterocycles. The van der Waals surface area contributed by atoms with Gasteiger partial charge in [-0.3, -0.25) is 0 Å². The van der Waals surface area contributed by atoms with Gasteiger partial charge >= 0.3 is 135 Å². The van der Waals surface area contributed by atoms with Crippen molar-refractivity contribution in [1.29, 1.82) is 0 Å². The summed E-state index contributed by atoms with van der Waals surface area (Å²) in [6, 6.07) is 11.0. The normalized spacial score (nSPS) is 12.0. The molecule has 0 bridgehead atoms. The van der Waals surface area contributed by atoms with Gasteiger partial charge < -0.3 is 0 Å². The van der Waals surface area contributed by atoms with Crippen LogP contribution in [-0.4, -0.2) is 16.8 Å². The molecule has 1 N–H and O–H groups in total. The Morgan fingerprint density at radius 2 is 1.64 bits per heavy atom. The van der Waals surface area contributed by atoms with Crippen LogP contribution in [0, 0.1) is 20.6 Å². The van der Waals surface area contributed by atoms with E-state index in [9.17, 15) is 22.0 Å². The first-order valence-corrected chi connectivity index (χ1v) is 10.3. The molecule has 0 aliphatic rings. The number of hydrogen-bond donors (Lipinski definition) is 1. The fourth-order valence-corrected chi connectivity index (χ4v) is 5.86. The standard InChI is InChI=1S/C13H12INO6S/c1-10-2-8-13(9-3-10)22(19,20)21-14(16)11-4-6-12(7-5-11)15(17)18/h2-9,16H,1H3. The first-order valence-electron chi connectivity index (χ1n) is 5.95. The Morgan fingerprint density at radius 1 is 1.09 bits per heavy atom. The van der Waals surface area contributed by atoms with Crippen LogP contribution < -0.4 is 0 Å². The molecule has 0 fully saturated rings. The number of nitro benzene ring substituents is 1. The number of benzene rings is 2. The van der Waals surface area contributed by atoms with E-state index in [1.807, 2.05) is 6.92 Å². The Labute approximate surface area is 135 Å². The number of aryl methyl sites for hydroxylation is 1. The average Bonchev–Trinajstić information content (AvgIpc) is 2.47. The first-order chi connectivity index (χ1) is 10.3. The SMILES string of the molecule is Cc1ccc(S(=O)(=O)OI(O)c2ccc([N+](=O)[O-])cc2)cc1. The molecule has 0 heterocycles. The van der Waals surface area contributed by atoms with Crippen molar-refractivity contribution in [3.63, 3.8) is 0 Å². The van der Waals surface area contributed by atoms with Crippen molar-refractivity contribution in [2.45, 2.75) is 11.8 Å². The molecule has 0 amide bonds. The quantitative estimate of drug-likeness (QED) is 0.438. The number of nitrogens with zero attached hydrogens (tertiary/aromatic N) is 1. The first kappa shape index (κ1) is 16.8. The summed E-state index contributed by atoms with van der Waals surface area (Å²) in [7, 11) is -4.07. The average molecular weight is 437 g/mol. The molecule has 22 heavy (non-hydrogen) atoms. The van der Waals surface area contributed by atoms with Gasteiger partial charge in [-0.1, -0.05) is 0 Å². The van der Waals surface area contributed by atoms with Gasteiger partial charge in [-0.15, -0.1) is 0 Å². The zero-order chi connectivity index (χ0) is 16.3. The molecule has 9 heteroatoms. The fourth-order valence-electron chi connectivity index (χ4n) is 1.53. The van der Waals surface area contributed by atoms with E-state index in [4.69, 9.17) is 2.51 Å². The number of non-ortho nitro benzene ring substituents is 1. The topological polar surface area (TPSA) is 107 Å². The zero-order valence-electron chi connectivity index (χ0n) is 11.3. The van der Waals surface area contributed by atoms with Crippen molar-refractivity contribution < 1.29 is 19.3 Å². The number of halogens is 1. The van der Waals surface area contributed by atoms with E-state index in [-0.39, 0.29) is 14.2 Å². The summed E-state index contributed by atoms with van der Waals surface area (Å²) in [5.74, 6) is 0. The van der Waals surface area contributed by atoms with E-state index in [0.717, 1.165) is 5.56 Å². The van der Waals surface area contributed by atoms with Crippen LogP contribution in [0.3, 0.4) is 0 Å². The summed E-state index contributed by atoms with van der Waals surface area (Å²) >= 11 is -3.42. The van der Waals surface area contributed by atoms with E-state index in [1.54, 1.807) is 12.1 Å². The second-order valence-corrected chi connectivity index (χ2v) is 9.44. The van der Waals surface area contributed by atoms with Crippen molar-refractivity contribution >= 4 is 36.5 Å². The van der Waals surface area contributed by atoms with E-state index in [1.165, 1.54) is 36.4 Å². The third-order valence-corrected chi connectivity index (χ3v) is 8.04. The molecule has 0 radical (unpaired) electrons. The van der Waals surface area contributed by atoms with Crippen molar-refractivity contribution in [3.8, 4) is 0 Å². The molecule has 0 aliphatic heterocycles. The van der Waals surface area contributed by atoms with Crippen molar-refractivity contribution in [2.24, 2.45) is 0 Å². The van der Waals surface area contributed by atoms with Gasteiger partial charge in [0, 0.05) is 0 Å². The van der Waals surface area contributed by atoms with Crippen molar-refractivity contribution in [2.75, 3.05) is 0 Å². The van der Waals surface area contributed by atoms with Crippen LogP contribution in [0.1, 0.15) is 5.56 Å². The molecule has 0 atom stereocenters. The van der Waals surface area contributed by atoms with E-state index >= 15 is 0 Å². The molecule has 2 aromatic rings. The van der Waals surface area contributed by atoms with Gasteiger partial charge in [-0.25, -0.2) is 0 Å². The molecule has 0 spiro atoms. The van der Waals surface area contributed by atoms with Gasteiger partial charge in [0.1, 0.15) is 0 Å². The van der Waals surface area contributed by atoms with Crippen LogP contribution >= 0.6 is 20.6 Å². The number of hydrogen-bond acceptors (Lipinski definition) is 6. The van der Waals surface area contributed by atoms with Crippen LogP contribution in [0.25, 0.3) is 0 Å². The summed E-state index contributed by atoms with van der Waals surface area (Å²) in [5, 5.41) is 10.6. The van der Waals surface area contributed by atoms with Gasteiger partial charge in [0.2, 0.25) is 0 Å². The van der Waals surface area contributed by atoms with Gasteiger partial charge in [0.15, 0.2) is 0 Å². The second-order valence-electron chi connectivity index (χ2n) is 4.29. The Hall–Kier alpha value is -1.56. The predicted octanol–water partition coefficient (Wildman–Crippen LogP) is 2.81. The molecule has 0 saturated carbocycles. The molecule has 0 aliphatic carbocycles. The van der Waals surface area contributed by atoms with E-state index in [2.05, 4.69) is 0 Å². The van der Waals surface area contributed by atoms with Crippen LogP contribution in [0.2, 0.25) is 0 Å². The summed E-state index contributed by atoms with van der Waals surface area (Å²) in [6.45, 7) is 1.82. The maximum atomic E-state index is 12.1.